The Morgan fingerprint density at radius 2 is 2.17 bits per heavy atom. The molecule has 7 heteroatoms. The molecule has 0 aliphatic rings. The molecule has 1 aromatic rings. The van der Waals surface area contributed by atoms with E-state index < -0.39 is 6.10 Å². The number of aromatic nitrogens is 2. The van der Waals surface area contributed by atoms with Crippen LogP contribution in [-0.4, -0.2) is 41.4 Å². The smallest absolute Gasteiger partial charge is 0.148 e. The largest absolute Gasteiger partial charge is 0.389 e. The molecule has 18 heavy (non-hydrogen) atoms. The highest BCUT2D eigenvalue weighted by Crippen LogP contribution is 2.20. The van der Waals surface area contributed by atoms with E-state index in [0.717, 1.165) is 18.4 Å². The Hall–Kier alpha value is -1.44. The number of aliphatic hydroxyl groups is 1. The second-order valence-electron chi connectivity index (χ2n) is 3.93. The lowest BCUT2D eigenvalue weighted by atomic mass is 10.1. The van der Waals surface area contributed by atoms with Crippen molar-refractivity contribution >= 4 is 11.6 Å². The summed E-state index contributed by atoms with van der Waals surface area (Å²) in [6.45, 7) is 2.71. The Bertz CT molecular complexity index is 361. The molecule has 1 atom stereocenters. The molecule has 0 amide bonds. The molecule has 1 heterocycles. The summed E-state index contributed by atoms with van der Waals surface area (Å²) in [6, 6.07) is 0. The van der Waals surface area contributed by atoms with E-state index in [9.17, 15) is 5.11 Å². The van der Waals surface area contributed by atoms with Crippen molar-refractivity contribution < 1.29 is 9.84 Å². The zero-order valence-electron chi connectivity index (χ0n) is 10.8. The monoisotopic (exact) mass is 255 g/mol. The maximum Gasteiger partial charge on any atom is 0.148 e. The zero-order chi connectivity index (χ0) is 13.4. The number of rotatable bonds is 8. The number of hydrogen-bond acceptors (Lipinski definition) is 7. The highest BCUT2D eigenvalue weighted by atomic mass is 16.5. The van der Waals surface area contributed by atoms with Gasteiger partial charge in [0.25, 0.3) is 0 Å². The predicted molar refractivity (Wildman–Crippen MR) is 70.2 cm³/mol. The fourth-order valence-electron chi connectivity index (χ4n) is 1.64. The number of nitrogens with zero attached hydrogens (tertiary/aromatic N) is 2. The SMILES string of the molecule is CCCc1c(NN)ncnc1NCC(O)COC. The van der Waals surface area contributed by atoms with E-state index in [0.29, 0.717) is 18.2 Å². The lowest BCUT2D eigenvalue weighted by Gasteiger charge is -2.15. The zero-order valence-corrected chi connectivity index (χ0v) is 10.8. The first-order valence-electron chi connectivity index (χ1n) is 5.94. The average molecular weight is 255 g/mol. The predicted octanol–water partition coefficient (Wildman–Crippen LogP) is 0.134. The van der Waals surface area contributed by atoms with Gasteiger partial charge in [-0.15, -0.1) is 0 Å². The normalized spacial score (nSPS) is 12.2. The Kier molecular flexibility index (Phi) is 6.34. The van der Waals surface area contributed by atoms with E-state index in [1.54, 1.807) is 7.11 Å². The third-order valence-corrected chi connectivity index (χ3v) is 2.45. The molecule has 1 unspecified atom stereocenters. The summed E-state index contributed by atoms with van der Waals surface area (Å²) in [5.41, 5.74) is 3.48. The third-order valence-electron chi connectivity index (χ3n) is 2.45. The van der Waals surface area contributed by atoms with Crippen LogP contribution in [0.25, 0.3) is 0 Å². The third kappa shape index (κ3) is 4.10. The molecule has 1 aromatic heterocycles. The number of aliphatic hydroxyl groups excluding tert-OH is 1. The van der Waals surface area contributed by atoms with Crippen LogP contribution in [0.2, 0.25) is 0 Å². The molecule has 5 N–H and O–H groups in total. The molecule has 1 rings (SSSR count). The fraction of sp³-hybridized carbons (Fsp3) is 0.636. The minimum absolute atomic E-state index is 0.281. The van der Waals surface area contributed by atoms with Gasteiger partial charge in [0.2, 0.25) is 0 Å². The molecule has 0 saturated carbocycles. The summed E-state index contributed by atoms with van der Waals surface area (Å²) in [4.78, 5) is 8.23. The van der Waals surface area contributed by atoms with E-state index >= 15 is 0 Å². The first-order valence-corrected chi connectivity index (χ1v) is 5.94. The molecule has 7 nitrogen and oxygen atoms in total. The van der Waals surface area contributed by atoms with E-state index in [1.807, 2.05) is 0 Å². The lowest BCUT2D eigenvalue weighted by Crippen LogP contribution is -2.25. The first kappa shape index (κ1) is 14.6. The van der Waals surface area contributed by atoms with Gasteiger partial charge >= 0.3 is 0 Å². The minimum Gasteiger partial charge on any atom is -0.389 e. The van der Waals surface area contributed by atoms with Gasteiger partial charge in [-0.25, -0.2) is 15.8 Å². The molecule has 0 spiro atoms. The van der Waals surface area contributed by atoms with Crippen LogP contribution in [0.5, 0.6) is 0 Å². The Morgan fingerprint density at radius 3 is 2.78 bits per heavy atom. The van der Waals surface area contributed by atoms with Crippen LogP contribution in [0, 0.1) is 0 Å². The summed E-state index contributed by atoms with van der Waals surface area (Å²) >= 11 is 0. The van der Waals surface area contributed by atoms with Crippen molar-refractivity contribution in [1.82, 2.24) is 9.97 Å². The second kappa shape index (κ2) is 7.80. The maximum atomic E-state index is 9.59. The van der Waals surface area contributed by atoms with Crippen LogP contribution in [-0.2, 0) is 11.2 Å². The maximum absolute atomic E-state index is 9.59. The Labute approximate surface area is 107 Å². The first-order chi connectivity index (χ1) is 8.72. The number of hydrazine groups is 1. The number of ether oxygens (including phenoxy) is 1. The summed E-state index contributed by atoms with van der Waals surface area (Å²) in [5.74, 6) is 6.71. The van der Waals surface area contributed by atoms with Gasteiger partial charge < -0.3 is 20.6 Å². The van der Waals surface area contributed by atoms with Crippen molar-refractivity contribution in [3.63, 3.8) is 0 Å². The molecule has 0 bridgehead atoms. The van der Waals surface area contributed by atoms with Gasteiger partial charge in [-0.1, -0.05) is 13.3 Å². The van der Waals surface area contributed by atoms with E-state index in [2.05, 4.69) is 27.6 Å². The minimum atomic E-state index is -0.575. The van der Waals surface area contributed by atoms with Crippen molar-refractivity contribution in [1.29, 1.82) is 0 Å². The fourth-order valence-corrected chi connectivity index (χ4v) is 1.64. The molecule has 0 aliphatic carbocycles. The second-order valence-corrected chi connectivity index (χ2v) is 3.93. The number of methoxy groups -OCH3 is 1. The van der Waals surface area contributed by atoms with Gasteiger partial charge in [0.1, 0.15) is 18.0 Å². The molecule has 0 radical (unpaired) electrons. The summed E-state index contributed by atoms with van der Waals surface area (Å²) < 4.78 is 4.86. The highest BCUT2D eigenvalue weighted by Gasteiger charge is 2.11. The molecule has 0 aromatic carbocycles. The van der Waals surface area contributed by atoms with Gasteiger partial charge in [-0.05, 0) is 6.42 Å². The number of nitrogens with one attached hydrogen (secondary N) is 2. The van der Waals surface area contributed by atoms with Crippen LogP contribution in [0.3, 0.4) is 0 Å². The Balaban J connectivity index is 2.74. The summed E-state index contributed by atoms with van der Waals surface area (Å²) in [7, 11) is 1.55. The summed E-state index contributed by atoms with van der Waals surface area (Å²) in [5, 5.41) is 12.7. The van der Waals surface area contributed by atoms with E-state index in [-0.39, 0.29) is 6.61 Å². The molecule has 0 fully saturated rings. The Morgan fingerprint density at radius 1 is 1.44 bits per heavy atom. The van der Waals surface area contributed by atoms with Gasteiger partial charge in [0, 0.05) is 19.2 Å². The standard InChI is InChI=1S/C11H21N5O2/c1-3-4-9-10(13-5-8(17)6-18-2)14-7-15-11(9)16-12/h7-8,17H,3-6,12H2,1-2H3,(H2,13,14,15,16). The molecular formula is C11H21N5O2. The number of hydrogen-bond donors (Lipinski definition) is 4. The van der Waals surface area contributed by atoms with Crippen LogP contribution in [0.4, 0.5) is 11.6 Å². The van der Waals surface area contributed by atoms with Crippen molar-refractivity contribution in [2.45, 2.75) is 25.9 Å². The van der Waals surface area contributed by atoms with E-state index in [1.165, 1.54) is 6.33 Å². The van der Waals surface area contributed by atoms with Gasteiger partial charge in [0.05, 0.1) is 12.7 Å². The van der Waals surface area contributed by atoms with E-state index in [4.69, 9.17) is 10.6 Å². The molecule has 102 valence electrons. The number of nitrogens with two attached hydrogens (primary N) is 1. The van der Waals surface area contributed by atoms with Crippen molar-refractivity contribution in [2.75, 3.05) is 31.0 Å². The quantitative estimate of drug-likeness (QED) is 0.386. The average Bonchev–Trinajstić information content (AvgIpc) is 2.38. The van der Waals surface area contributed by atoms with Crippen LogP contribution >= 0.6 is 0 Å². The van der Waals surface area contributed by atoms with Crippen LogP contribution < -0.4 is 16.6 Å². The van der Waals surface area contributed by atoms with Crippen molar-refractivity contribution in [3.8, 4) is 0 Å². The topological polar surface area (TPSA) is 105 Å². The van der Waals surface area contributed by atoms with Gasteiger partial charge in [-0.3, -0.25) is 0 Å². The number of nitrogen functional groups attached to an aromatic ring is 1. The summed E-state index contributed by atoms with van der Waals surface area (Å²) in [6.07, 6.45) is 2.62. The molecular weight excluding hydrogens is 234 g/mol. The molecule has 0 saturated heterocycles. The lowest BCUT2D eigenvalue weighted by molar-refractivity contribution is 0.0727. The van der Waals surface area contributed by atoms with Crippen LogP contribution in [0.15, 0.2) is 6.33 Å². The highest BCUT2D eigenvalue weighted by molar-refractivity contribution is 5.56. The van der Waals surface area contributed by atoms with Crippen molar-refractivity contribution in [2.24, 2.45) is 5.84 Å². The van der Waals surface area contributed by atoms with Gasteiger partial charge in [-0.2, -0.15) is 0 Å². The van der Waals surface area contributed by atoms with Crippen molar-refractivity contribution in [3.05, 3.63) is 11.9 Å². The van der Waals surface area contributed by atoms with Gasteiger partial charge in [0.15, 0.2) is 0 Å². The van der Waals surface area contributed by atoms with Crippen LogP contribution in [0.1, 0.15) is 18.9 Å². The number of anilines is 2. The molecule has 0 aliphatic heterocycles.